The van der Waals surface area contributed by atoms with Gasteiger partial charge in [0.15, 0.2) is 3.92 Å². The Morgan fingerprint density at radius 1 is 1.21 bits per heavy atom. The number of aromatic nitrogens is 2. The van der Waals surface area contributed by atoms with Crippen molar-refractivity contribution in [2.75, 3.05) is 13.1 Å². The van der Waals surface area contributed by atoms with Crippen LogP contribution in [0, 0.1) is 0 Å². The summed E-state index contributed by atoms with van der Waals surface area (Å²) in [6.45, 7) is 1.58. The van der Waals surface area contributed by atoms with E-state index in [0.717, 1.165) is 24.3 Å². The second kappa shape index (κ2) is 5.16. The third-order valence-electron chi connectivity index (χ3n) is 3.63. The molecule has 3 rings (SSSR count). The highest BCUT2D eigenvalue weighted by atomic mass is 79.9. The number of hydrogen-bond donors (Lipinski definition) is 0. The van der Waals surface area contributed by atoms with Crippen molar-refractivity contribution in [3.8, 4) is 0 Å². The molecule has 1 aliphatic heterocycles. The number of nitrogens with zero attached hydrogens (tertiary/aromatic N) is 4. The molecule has 2 fully saturated rings. The smallest absolute Gasteiger partial charge is 0.312 e. The van der Waals surface area contributed by atoms with Crippen LogP contribution in [0.4, 0.5) is 0 Å². The topological polar surface area (TPSA) is 66.4 Å². The predicted molar refractivity (Wildman–Crippen MR) is 72.4 cm³/mol. The maximum absolute atomic E-state index is 12.1. The maximum Gasteiger partial charge on any atom is 0.312 e. The zero-order chi connectivity index (χ0) is 13.4. The highest BCUT2D eigenvalue weighted by Crippen LogP contribution is 2.27. The van der Waals surface area contributed by atoms with E-state index in [1.54, 1.807) is 9.80 Å². The summed E-state index contributed by atoms with van der Waals surface area (Å²) in [5.41, 5.74) is 0. The van der Waals surface area contributed by atoms with Crippen LogP contribution in [0.15, 0.2) is 3.92 Å². The van der Waals surface area contributed by atoms with Gasteiger partial charge in [-0.1, -0.05) is 11.3 Å². The van der Waals surface area contributed by atoms with Gasteiger partial charge in [-0.2, -0.15) is 0 Å². The fraction of sp³-hybridized carbons (Fsp3) is 0.636. The first-order valence-electron chi connectivity index (χ1n) is 6.23. The Hall–Kier alpha value is -1.02. The molecule has 6 nitrogen and oxygen atoms in total. The molecule has 1 aromatic heterocycles. The molecule has 0 N–H and O–H groups in total. The number of carbonyl (C=O) groups is 2. The SMILES string of the molecule is O=C1C(=O)N(C2CCC2)CCN1Cc1nnc(Br)s1. The van der Waals surface area contributed by atoms with E-state index in [9.17, 15) is 9.59 Å². The van der Waals surface area contributed by atoms with Gasteiger partial charge in [0.05, 0.1) is 6.54 Å². The fourth-order valence-corrected chi connectivity index (χ4v) is 3.57. The average Bonchev–Trinajstić information content (AvgIpc) is 2.72. The molecular formula is C11H13BrN4O2S. The molecule has 0 aromatic carbocycles. The van der Waals surface area contributed by atoms with Gasteiger partial charge in [-0.25, -0.2) is 0 Å². The van der Waals surface area contributed by atoms with Gasteiger partial charge in [0.1, 0.15) is 5.01 Å². The minimum atomic E-state index is -0.413. The van der Waals surface area contributed by atoms with Gasteiger partial charge in [-0.15, -0.1) is 10.2 Å². The van der Waals surface area contributed by atoms with Gasteiger partial charge in [0.25, 0.3) is 0 Å². The molecule has 0 bridgehead atoms. The lowest BCUT2D eigenvalue weighted by Gasteiger charge is -2.41. The number of carbonyl (C=O) groups excluding carboxylic acids is 2. The summed E-state index contributed by atoms with van der Waals surface area (Å²) in [5, 5.41) is 8.54. The van der Waals surface area contributed by atoms with E-state index in [2.05, 4.69) is 26.1 Å². The quantitative estimate of drug-likeness (QED) is 0.768. The molecule has 0 spiro atoms. The summed E-state index contributed by atoms with van der Waals surface area (Å²) in [5.74, 6) is -0.774. The Bertz CT molecular complexity index is 517. The standard InChI is InChI=1S/C11H13BrN4O2S/c12-11-14-13-8(19-11)6-15-4-5-16(7-2-1-3-7)10(18)9(15)17/h7H,1-6H2. The van der Waals surface area contributed by atoms with Crippen LogP contribution in [0.25, 0.3) is 0 Å². The van der Waals surface area contributed by atoms with E-state index in [1.165, 1.54) is 11.3 Å². The summed E-state index contributed by atoms with van der Waals surface area (Å²) < 4.78 is 0.689. The van der Waals surface area contributed by atoms with Crippen molar-refractivity contribution in [1.29, 1.82) is 0 Å². The molecule has 1 aromatic rings. The van der Waals surface area contributed by atoms with E-state index >= 15 is 0 Å². The summed E-state index contributed by atoms with van der Waals surface area (Å²) in [6, 6.07) is 0.286. The molecule has 1 saturated heterocycles. The van der Waals surface area contributed by atoms with E-state index in [4.69, 9.17) is 0 Å². The summed E-state index contributed by atoms with van der Waals surface area (Å²) >= 11 is 4.62. The first kappa shape index (κ1) is 13.0. The lowest BCUT2D eigenvalue weighted by Crippen LogP contribution is -2.58. The summed E-state index contributed by atoms with van der Waals surface area (Å²) in [6.07, 6.45) is 3.22. The first-order chi connectivity index (χ1) is 9.15. The number of piperazine rings is 1. The third kappa shape index (κ3) is 2.51. The van der Waals surface area contributed by atoms with E-state index < -0.39 is 5.91 Å². The van der Waals surface area contributed by atoms with Crippen molar-refractivity contribution in [3.63, 3.8) is 0 Å². The number of rotatable bonds is 3. The Kier molecular flexibility index (Phi) is 3.53. The minimum Gasteiger partial charge on any atom is -0.330 e. The van der Waals surface area contributed by atoms with E-state index in [1.807, 2.05) is 0 Å². The highest BCUT2D eigenvalue weighted by molar-refractivity contribution is 9.11. The molecule has 0 unspecified atom stereocenters. The molecule has 2 heterocycles. The van der Waals surface area contributed by atoms with Crippen molar-refractivity contribution in [3.05, 3.63) is 8.92 Å². The fourth-order valence-electron chi connectivity index (χ4n) is 2.35. The molecule has 8 heteroatoms. The van der Waals surface area contributed by atoms with Gasteiger partial charge in [-0.3, -0.25) is 9.59 Å². The number of hydrogen-bond acceptors (Lipinski definition) is 5. The zero-order valence-corrected chi connectivity index (χ0v) is 12.6. The van der Waals surface area contributed by atoms with Crippen molar-refractivity contribution >= 4 is 39.1 Å². The van der Waals surface area contributed by atoms with Crippen LogP contribution < -0.4 is 0 Å². The van der Waals surface area contributed by atoms with Crippen LogP contribution in [0.1, 0.15) is 24.3 Å². The van der Waals surface area contributed by atoms with Crippen LogP contribution >= 0.6 is 27.3 Å². The van der Waals surface area contributed by atoms with Crippen LogP contribution in [0.5, 0.6) is 0 Å². The van der Waals surface area contributed by atoms with Crippen LogP contribution in [0.2, 0.25) is 0 Å². The van der Waals surface area contributed by atoms with Crippen molar-refractivity contribution in [2.45, 2.75) is 31.8 Å². The molecule has 0 radical (unpaired) electrons. The second-order valence-electron chi connectivity index (χ2n) is 4.76. The Morgan fingerprint density at radius 2 is 2.00 bits per heavy atom. The highest BCUT2D eigenvalue weighted by Gasteiger charge is 2.38. The van der Waals surface area contributed by atoms with Gasteiger partial charge in [0.2, 0.25) is 0 Å². The third-order valence-corrected chi connectivity index (χ3v) is 4.97. The molecule has 1 saturated carbocycles. The number of amides is 2. The Morgan fingerprint density at radius 3 is 2.58 bits per heavy atom. The van der Waals surface area contributed by atoms with Gasteiger partial charge < -0.3 is 9.80 Å². The molecule has 2 aliphatic rings. The van der Waals surface area contributed by atoms with Crippen LogP contribution in [-0.4, -0.2) is 50.9 Å². The van der Waals surface area contributed by atoms with Gasteiger partial charge in [0, 0.05) is 19.1 Å². The summed E-state index contributed by atoms with van der Waals surface area (Å²) in [7, 11) is 0. The summed E-state index contributed by atoms with van der Waals surface area (Å²) in [4.78, 5) is 27.4. The molecular weight excluding hydrogens is 332 g/mol. The zero-order valence-electron chi connectivity index (χ0n) is 10.2. The van der Waals surface area contributed by atoms with Crippen LogP contribution in [-0.2, 0) is 16.1 Å². The molecule has 19 heavy (non-hydrogen) atoms. The monoisotopic (exact) mass is 344 g/mol. The number of halogens is 1. The molecule has 0 atom stereocenters. The molecule has 2 amide bonds. The van der Waals surface area contributed by atoms with Crippen LogP contribution in [0.3, 0.4) is 0 Å². The molecule has 102 valence electrons. The average molecular weight is 345 g/mol. The first-order valence-corrected chi connectivity index (χ1v) is 7.84. The lowest BCUT2D eigenvalue weighted by atomic mass is 9.91. The van der Waals surface area contributed by atoms with Crippen molar-refractivity contribution in [1.82, 2.24) is 20.0 Å². The van der Waals surface area contributed by atoms with Crippen molar-refractivity contribution < 1.29 is 9.59 Å². The minimum absolute atomic E-state index is 0.286. The Balaban J connectivity index is 1.65. The largest absolute Gasteiger partial charge is 0.330 e. The van der Waals surface area contributed by atoms with Gasteiger partial charge >= 0.3 is 11.8 Å². The lowest BCUT2D eigenvalue weighted by molar-refractivity contribution is -0.159. The van der Waals surface area contributed by atoms with Gasteiger partial charge in [-0.05, 0) is 35.2 Å². The Labute approximate surface area is 122 Å². The molecule has 1 aliphatic carbocycles. The van der Waals surface area contributed by atoms with E-state index in [-0.39, 0.29) is 11.9 Å². The predicted octanol–water partition coefficient (Wildman–Crippen LogP) is 1.02. The van der Waals surface area contributed by atoms with Crippen molar-refractivity contribution in [2.24, 2.45) is 0 Å². The van der Waals surface area contributed by atoms with E-state index in [0.29, 0.717) is 23.6 Å². The maximum atomic E-state index is 12.1. The second-order valence-corrected chi connectivity index (χ2v) is 7.10. The normalized spacial score (nSPS) is 20.9.